The summed E-state index contributed by atoms with van der Waals surface area (Å²) >= 11 is 0. The van der Waals surface area contributed by atoms with Crippen LogP contribution in [-0.2, 0) is 33.3 Å². The van der Waals surface area contributed by atoms with E-state index in [2.05, 4.69) is 22.2 Å². The van der Waals surface area contributed by atoms with E-state index < -0.39 is 84.9 Å². The summed E-state index contributed by atoms with van der Waals surface area (Å²) in [6.07, 6.45) is 1.37. The minimum absolute atomic E-state index is 0.00407. The van der Waals surface area contributed by atoms with E-state index in [-0.39, 0.29) is 57.2 Å². The maximum absolute atomic E-state index is 13.7. The number of hydrogen-bond acceptors (Lipinski definition) is 16. The van der Waals surface area contributed by atoms with Crippen molar-refractivity contribution in [2.75, 3.05) is 59.8 Å². The number of nitrogens with one attached hydrogen (secondary N) is 2. The van der Waals surface area contributed by atoms with Gasteiger partial charge in [0.25, 0.3) is 0 Å². The molecule has 4 aliphatic rings. The molecule has 19 heteroatoms. The maximum atomic E-state index is 13.7. The number of aliphatic carboxylic acids is 1. The van der Waals surface area contributed by atoms with Gasteiger partial charge in [0, 0.05) is 44.6 Å². The van der Waals surface area contributed by atoms with Gasteiger partial charge < -0.3 is 70.5 Å². The number of ether oxygens (including phenoxy) is 5. The second-order valence-electron chi connectivity index (χ2n) is 13.9. The monoisotopic (exact) mass is 771 g/mol. The number of likely N-dealkylation sites (tertiary alicyclic amines) is 1. The predicted molar refractivity (Wildman–Crippen MR) is 190 cm³/mol. The number of aliphatic imine (C=N–C) groups is 1. The Hall–Kier alpha value is -3.21. The van der Waals surface area contributed by atoms with Crippen molar-refractivity contribution in [3.05, 3.63) is 36.6 Å². The van der Waals surface area contributed by atoms with Gasteiger partial charge in [0.2, 0.25) is 12.1 Å². The Morgan fingerprint density at radius 1 is 1.15 bits per heavy atom. The second-order valence-corrected chi connectivity index (χ2v) is 13.9. The van der Waals surface area contributed by atoms with Crippen LogP contribution in [-0.4, -0.2) is 167 Å². The third-order valence-corrected chi connectivity index (χ3v) is 10.1. The summed E-state index contributed by atoms with van der Waals surface area (Å²) < 4.78 is 29.2. The Balaban J connectivity index is 1.71. The van der Waals surface area contributed by atoms with E-state index in [9.17, 15) is 40.2 Å². The fourth-order valence-corrected chi connectivity index (χ4v) is 7.29. The molecule has 3 fully saturated rings. The molecule has 10 atom stereocenters. The van der Waals surface area contributed by atoms with Crippen LogP contribution < -0.4 is 16.4 Å². The molecule has 11 N–H and O–H groups in total. The lowest BCUT2D eigenvalue weighted by molar-refractivity contribution is -0.410. The summed E-state index contributed by atoms with van der Waals surface area (Å²) in [6, 6.07) is -0.775. The number of allylic oxidation sites excluding steroid dienone is 1. The van der Waals surface area contributed by atoms with Crippen LogP contribution in [0.2, 0.25) is 0 Å². The minimum Gasteiger partial charge on any atom is -0.481 e. The summed E-state index contributed by atoms with van der Waals surface area (Å²) in [5.74, 6) is -7.94. The van der Waals surface area contributed by atoms with Gasteiger partial charge in [-0.3, -0.25) is 20.0 Å². The lowest BCUT2D eigenvalue weighted by atomic mass is 9.79. The lowest BCUT2D eigenvalue weighted by Crippen LogP contribution is -2.69. The van der Waals surface area contributed by atoms with Gasteiger partial charge in [0.05, 0.1) is 49.7 Å². The number of nitrogens with zero attached hydrogens (tertiary/aromatic N) is 2. The smallest absolute Gasteiger partial charge is 0.338 e. The first-order valence-electron chi connectivity index (χ1n) is 18.3. The molecule has 0 radical (unpaired) electrons. The van der Waals surface area contributed by atoms with E-state index in [1.807, 2.05) is 4.90 Å². The van der Waals surface area contributed by atoms with Crippen molar-refractivity contribution in [1.29, 1.82) is 0 Å². The van der Waals surface area contributed by atoms with Gasteiger partial charge in [0.15, 0.2) is 18.4 Å². The molecular formula is C35H57N5O14. The van der Waals surface area contributed by atoms with Crippen LogP contribution in [0.15, 0.2) is 41.6 Å². The molecule has 0 bridgehead atoms. The summed E-state index contributed by atoms with van der Waals surface area (Å²) in [6.45, 7) is 3.50. The number of guanidine groups is 1. The maximum Gasteiger partial charge on any atom is 0.338 e. The third-order valence-electron chi connectivity index (χ3n) is 10.1. The van der Waals surface area contributed by atoms with Gasteiger partial charge in [-0.1, -0.05) is 18.2 Å². The van der Waals surface area contributed by atoms with Crippen molar-refractivity contribution in [1.82, 2.24) is 15.5 Å². The number of carbonyl (C=O) groups excluding carboxylic acids is 1. The van der Waals surface area contributed by atoms with Gasteiger partial charge >= 0.3 is 11.9 Å². The Morgan fingerprint density at radius 3 is 2.52 bits per heavy atom. The second kappa shape index (κ2) is 20.6. The number of hydrogen-bond donors (Lipinski definition) is 10. The SMILES string of the molecule is C=CC1C(OC2OC(CO)C(O)C(O)(O)C2OCNC)OC=C(C(=O)OC2CCCC2)C1C=CC1CN(CCO)CC(C(=O)O)C1NC(N)=NCCCO. The number of aliphatic hydroxyl groups excluding tert-OH is 4. The minimum atomic E-state index is -2.93. The number of esters is 1. The van der Waals surface area contributed by atoms with Gasteiger partial charge in [0.1, 0.15) is 18.3 Å². The highest BCUT2D eigenvalue weighted by atomic mass is 16.8. The van der Waals surface area contributed by atoms with Crippen LogP contribution >= 0.6 is 0 Å². The molecule has 3 aliphatic heterocycles. The average Bonchev–Trinajstić information content (AvgIpc) is 3.65. The highest BCUT2D eigenvalue weighted by Crippen LogP contribution is 2.39. The highest BCUT2D eigenvalue weighted by molar-refractivity contribution is 5.89. The number of β-amino-alcohol motifs (C(OH)–C–C–N with tert-alkyl or cyclic N) is 1. The molecule has 306 valence electrons. The molecule has 54 heavy (non-hydrogen) atoms. The van der Waals surface area contributed by atoms with Crippen LogP contribution in [0.3, 0.4) is 0 Å². The first-order valence-corrected chi connectivity index (χ1v) is 18.3. The first kappa shape index (κ1) is 43.5. The molecule has 0 amide bonds. The quantitative estimate of drug-likeness (QED) is 0.0169. The molecule has 3 heterocycles. The van der Waals surface area contributed by atoms with E-state index in [1.54, 1.807) is 19.2 Å². The summed E-state index contributed by atoms with van der Waals surface area (Å²) in [7, 11) is 1.54. The molecule has 1 saturated carbocycles. The van der Waals surface area contributed by atoms with Gasteiger partial charge in [-0.15, -0.1) is 6.58 Å². The molecule has 0 aromatic rings. The zero-order valence-corrected chi connectivity index (χ0v) is 30.5. The summed E-state index contributed by atoms with van der Waals surface area (Å²) in [5, 5.41) is 77.1. The Labute approximate surface area is 314 Å². The number of carboxylic acids is 1. The number of aliphatic hydroxyl groups is 6. The summed E-state index contributed by atoms with van der Waals surface area (Å²) in [4.78, 5) is 32.3. The number of carboxylic acid groups (broad SMARTS) is 1. The normalized spacial score (nSPS) is 33.6. The zero-order chi connectivity index (χ0) is 39.4. The van der Waals surface area contributed by atoms with E-state index in [0.29, 0.717) is 25.8 Å². The largest absolute Gasteiger partial charge is 0.481 e. The van der Waals surface area contributed by atoms with Crippen LogP contribution in [0, 0.1) is 23.7 Å². The molecule has 2 saturated heterocycles. The van der Waals surface area contributed by atoms with Crippen LogP contribution in [0.1, 0.15) is 32.1 Å². The number of piperidine rings is 1. The molecule has 4 rings (SSSR count). The van der Waals surface area contributed by atoms with Crippen LogP contribution in [0.4, 0.5) is 0 Å². The van der Waals surface area contributed by atoms with Crippen molar-refractivity contribution in [2.24, 2.45) is 34.4 Å². The predicted octanol–water partition coefficient (Wildman–Crippen LogP) is -2.70. The topological polar surface area (TPSA) is 288 Å². The average molecular weight is 772 g/mol. The van der Waals surface area contributed by atoms with E-state index >= 15 is 0 Å². The lowest BCUT2D eigenvalue weighted by Gasteiger charge is -2.47. The number of carbonyl (C=O) groups is 2. The van der Waals surface area contributed by atoms with Crippen LogP contribution in [0.5, 0.6) is 0 Å². The van der Waals surface area contributed by atoms with Crippen molar-refractivity contribution >= 4 is 17.9 Å². The van der Waals surface area contributed by atoms with Gasteiger partial charge in [-0.05, 0) is 39.2 Å². The Morgan fingerprint density at radius 2 is 1.89 bits per heavy atom. The van der Waals surface area contributed by atoms with E-state index in [1.165, 1.54) is 12.3 Å². The fourth-order valence-electron chi connectivity index (χ4n) is 7.29. The first-order chi connectivity index (χ1) is 25.9. The van der Waals surface area contributed by atoms with Crippen molar-refractivity contribution in [2.45, 2.75) is 80.9 Å². The molecule has 1 aliphatic carbocycles. The number of nitrogens with two attached hydrogens (primary N) is 1. The van der Waals surface area contributed by atoms with Gasteiger partial charge in [-0.25, -0.2) is 4.79 Å². The fraction of sp³-hybridized carbons (Fsp3) is 0.743. The standard InChI is InChI=1S/C35H57N5O14/c1-3-22-23(10-9-20-15-40(12-14-42)16-24(30(45)46)27(20)39-34(36)38-11-6-13-41)25(31(47)52-21-7-4-5-8-21)18-50-32(22)54-33-29(51-19-37-2)35(48,49)28(44)26(17-43)53-33/h3,9-10,18,20-24,26-29,32-33,37,41-44,48-49H,1,4-8,11-17,19H2,2H3,(H,45,46)(H3,36,38,39). The molecule has 19 nitrogen and oxygen atoms in total. The third kappa shape index (κ3) is 10.8. The molecular weight excluding hydrogens is 714 g/mol. The molecule has 10 unspecified atom stereocenters. The van der Waals surface area contributed by atoms with E-state index in [0.717, 1.165) is 12.8 Å². The highest BCUT2D eigenvalue weighted by Gasteiger charge is 2.57. The van der Waals surface area contributed by atoms with Crippen molar-refractivity contribution < 1.29 is 69.0 Å². The molecule has 0 aromatic carbocycles. The van der Waals surface area contributed by atoms with Crippen molar-refractivity contribution in [3.63, 3.8) is 0 Å². The van der Waals surface area contributed by atoms with Gasteiger partial charge in [-0.2, -0.15) is 0 Å². The zero-order valence-electron chi connectivity index (χ0n) is 30.5. The molecule has 0 aromatic heterocycles. The molecule has 0 spiro atoms. The number of rotatable bonds is 18. The Bertz CT molecular complexity index is 1330. The van der Waals surface area contributed by atoms with Crippen LogP contribution in [0.25, 0.3) is 0 Å². The van der Waals surface area contributed by atoms with Crippen molar-refractivity contribution in [3.8, 4) is 0 Å². The summed E-state index contributed by atoms with van der Waals surface area (Å²) in [5.41, 5.74) is 6.27. The van der Waals surface area contributed by atoms with E-state index in [4.69, 9.17) is 34.5 Å². The Kier molecular flexibility index (Phi) is 16.6.